The van der Waals surface area contributed by atoms with Crippen LogP contribution in [0.15, 0.2) is 49.1 Å². The Balaban J connectivity index is 1.81. The summed E-state index contributed by atoms with van der Waals surface area (Å²) < 4.78 is 44.8. The van der Waals surface area contributed by atoms with Gasteiger partial charge in [-0.25, -0.2) is 13.4 Å². The fourth-order valence-corrected chi connectivity index (χ4v) is 5.24. The topological polar surface area (TPSA) is 151 Å². The monoisotopic (exact) mass is 540 g/mol. The third-order valence-corrected chi connectivity index (χ3v) is 8.04. The standard InChI is InChI=1S/C25H28N6O6S/c1-15-9-17(11-26-10-15)25-30-29-21(31(25)23-19(35-3)7-6-8-20(23)36-4)14-38(33,34)16(2)24(32)18-12-28-22(37-5)13-27-18/h6-13,16,24,32H,14H2,1-5H3/t16-,24+/m0/s1. The minimum atomic E-state index is -3.99. The highest BCUT2D eigenvalue weighted by molar-refractivity contribution is 7.91. The van der Waals surface area contributed by atoms with Crippen LogP contribution in [-0.2, 0) is 15.6 Å². The van der Waals surface area contributed by atoms with Crippen molar-refractivity contribution in [2.24, 2.45) is 0 Å². The normalized spacial score (nSPS) is 13.1. The zero-order chi connectivity index (χ0) is 27.4. The number of nitrogens with zero attached hydrogens (tertiary/aromatic N) is 6. The first-order chi connectivity index (χ1) is 18.2. The molecule has 0 unspecified atom stereocenters. The lowest BCUT2D eigenvalue weighted by atomic mass is 10.2. The number of methoxy groups -OCH3 is 3. The maximum Gasteiger partial charge on any atom is 0.231 e. The van der Waals surface area contributed by atoms with Crippen molar-refractivity contribution < 1.29 is 27.7 Å². The predicted molar refractivity (Wildman–Crippen MR) is 138 cm³/mol. The Labute approximate surface area is 220 Å². The lowest BCUT2D eigenvalue weighted by Crippen LogP contribution is -2.28. The van der Waals surface area contributed by atoms with E-state index < -0.39 is 26.9 Å². The van der Waals surface area contributed by atoms with Gasteiger partial charge in [-0.05, 0) is 37.6 Å². The van der Waals surface area contributed by atoms with Crippen LogP contribution in [0.25, 0.3) is 17.1 Å². The molecule has 0 aliphatic carbocycles. The van der Waals surface area contributed by atoms with Crippen molar-refractivity contribution in [2.45, 2.75) is 31.0 Å². The molecule has 3 heterocycles. The lowest BCUT2D eigenvalue weighted by Gasteiger charge is -2.20. The first kappa shape index (κ1) is 26.9. The van der Waals surface area contributed by atoms with E-state index in [0.29, 0.717) is 28.6 Å². The van der Waals surface area contributed by atoms with Crippen LogP contribution < -0.4 is 14.2 Å². The highest BCUT2D eigenvalue weighted by atomic mass is 32.2. The molecule has 2 atom stereocenters. The number of sulfone groups is 1. The van der Waals surface area contributed by atoms with E-state index in [1.165, 1.54) is 40.6 Å². The molecule has 0 bridgehead atoms. The summed E-state index contributed by atoms with van der Waals surface area (Å²) >= 11 is 0. The summed E-state index contributed by atoms with van der Waals surface area (Å²) in [7, 11) is 0.442. The molecule has 12 nitrogen and oxygen atoms in total. The van der Waals surface area contributed by atoms with Crippen LogP contribution >= 0.6 is 0 Å². The van der Waals surface area contributed by atoms with Crippen LogP contribution in [0.4, 0.5) is 0 Å². The average molecular weight is 541 g/mol. The zero-order valence-corrected chi connectivity index (χ0v) is 22.4. The van der Waals surface area contributed by atoms with Crippen molar-refractivity contribution in [1.82, 2.24) is 29.7 Å². The SMILES string of the molecule is COc1cnc([C@H](O)[C@H](C)S(=O)(=O)Cc2nnc(-c3cncc(C)c3)n2-c2c(OC)cccc2OC)cn1. The van der Waals surface area contributed by atoms with Crippen molar-refractivity contribution in [3.63, 3.8) is 0 Å². The van der Waals surface area contributed by atoms with Crippen molar-refractivity contribution in [3.05, 3.63) is 66.1 Å². The zero-order valence-electron chi connectivity index (χ0n) is 21.6. The van der Waals surface area contributed by atoms with Crippen molar-refractivity contribution in [2.75, 3.05) is 21.3 Å². The quantitative estimate of drug-likeness (QED) is 0.316. The molecule has 38 heavy (non-hydrogen) atoms. The van der Waals surface area contributed by atoms with Gasteiger partial charge in [0.2, 0.25) is 5.88 Å². The maximum atomic E-state index is 13.5. The molecular formula is C25H28N6O6S. The summed E-state index contributed by atoms with van der Waals surface area (Å²) in [5.74, 6) is 1.00. The third-order valence-electron chi connectivity index (χ3n) is 5.99. The van der Waals surface area contributed by atoms with E-state index in [-0.39, 0.29) is 17.4 Å². The molecule has 0 amide bonds. The fraction of sp³-hybridized carbons (Fsp3) is 0.320. The van der Waals surface area contributed by atoms with Gasteiger partial charge < -0.3 is 19.3 Å². The molecule has 1 aromatic carbocycles. The summed E-state index contributed by atoms with van der Waals surface area (Å²) in [4.78, 5) is 12.3. The number of para-hydroxylation sites is 1. The number of hydrogen-bond donors (Lipinski definition) is 1. The summed E-state index contributed by atoms with van der Waals surface area (Å²) in [6.45, 7) is 3.29. The molecule has 0 aliphatic rings. The molecular weight excluding hydrogens is 512 g/mol. The van der Waals surface area contributed by atoms with Crippen LogP contribution in [0, 0.1) is 6.92 Å². The van der Waals surface area contributed by atoms with E-state index in [9.17, 15) is 13.5 Å². The van der Waals surface area contributed by atoms with Crippen LogP contribution in [0.1, 0.15) is 30.1 Å². The minimum Gasteiger partial charge on any atom is -0.494 e. The number of aryl methyl sites for hydroxylation is 1. The maximum absolute atomic E-state index is 13.5. The van der Waals surface area contributed by atoms with Gasteiger partial charge in [0, 0.05) is 18.0 Å². The van der Waals surface area contributed by atoms with Gasteiger partial charge in [-0.15, -0.1) is 10.2 Å². The Morgan fingerprint density at radius 3 is 2.26 bits per heavy atom. The van der Waals surface area contributed by atoms with E-state index in [1.807, 2.05) is 13.0 Å². The van der Waals surface area contributed by atoms with Gasteiger partial charge in [-0.2, -0.15) is 0 Å². The van der Waals surface area contributed by atoms with Crippen molar-refractivity contribution in [3.8, 4) is 34.5 Å². The van der Waals surface area contributed by atoms with Crippen molar-refractivity contribution in [1.29, 1.82) is 0 Å². The highest BCUT2D eigenvalue weighted by Gasteiger charge is 2.33. The number of aliphatic hydroxyl groups is 1. The molecule has 200 valence electrons. The summed E-state index contributed by atoms with van der Waals surface area (Å²) in [5.41, 5.74) is 2.03. The number of ether oxygens (including phenoxy) is 3. The van der Waals surface area contributed by atoms with Crippen LogP contribution in [-0.4, -0.2) is 69.8 Å². The van der Waals surface area contributed by atoms with Gasteiger partial charge in [-0.1, -0.05) is 6.07 Å². The minimum absolute atomic E-state index is 0.0984. The van der Waals surface area contributed by atoms with Gasteiger partial charge in [-0.3, -0.25) is 14.5 Å². The lowest BCUT2D eigenvalue weighted by molar-refractivity contribution is 0.170. The number of aromatic nitrogens is 6. The molecule has 0 saturated heterocycles. The highest BCUT2D eigenvalue weighted by Crippen LogP contribution is 2.37. The smallest absolute Gasteiger partial charge is 0.231 e. The third kappa shape index (κ3) is 5.29. The fourth-order valence-electron chi connectivity index (χ4n) is 3.89. The van der Waals surface area contributed by atoms with E-state index in [2.05, 4.69) is 25.1 Å². The molecule has 4 rings (SSSR count). The number of benzene rings is 1. The number of hydrogen-bond acceptors (Lipinski definition) is 11. The second kappa shape index (κ2) is 11.1. The largest absolute Gasteiger partial charge is 0.494 e. The Morgan fingerprint density at radius 2 is 1.68 bits per heavy atom. The number of aliphatic hydroxyl groups excluding tert-OH is 1. The van der Waals surface area contributed by atoms with Gasteiger partial charge in [0.15, 0.2) is 21.5 Å². The molecule has 0 saturated carbocycles. The molecule has 0 radical (unpaired) electrons. The van der Waals surface area contributed by atoms with E-state index >= 15 is 0 Å². The molecule has 13 heteroatoms. The summed E-state index contributed by atoms with van der Waals surface area (Å²) in [6.07, 6.45) is 4.47. The van der Waals surface area contributed by atoms with E-state index in [4.69, 9.17) is 14.2 Å². The molecule has 0 aliphatic heterocycles. The second-order valence-electron chi connectivity index (χ2n) is 8.48. The molecule has 3 aromatic heterocycles. The Bertz CT molecular complexity index is 1500. The first-order valence-corrected chi connectivity index (χ1v) is 13.2. The molecule has 1 N–H and O–H groups in total. The van der Waals surface area contributed by atoms with Crippen LogP contribution in [0.2, 0.25) is 0 Å². The van der Waals surface area contributed by atoms with Gasteiger partial charge in [0.05, 0.1) is 44.7 Å². The first-order valence-electron chi connectivity index (χ1n) is 11.5. The van der Waals surface area contributed by atoms with Crippen LogP contribution in [0.3, 0.4) is 0 Å². The summed E-state index contributed by atoms with van der Waals surface area (Å²) in [5, 5.41) is 18.1. The van der Waals surface area contributed by atoms with E-state index in [0.717, 1.165) is 5.56 Å². The average Bonchev–Trinajstić information content (AvgIpc) is 3.33. The molecule has 4 aromatic rings. The van der Waals surface area contributed by atoms with E-state index in [1.54, 1.807) is 35.2 Å². The predicted octanol–water partition coefficient (Wildman–Crippen LogP) is 2.49. The van der Waals surface area contributed by atoms with Gasteiger partial charge >= 0.3 is 0 Å². The summed E-state index contributed by atoms with van der Waals surface area (Å²) in [6, 6.07) is 7.07. The van der Waals surface area contributed by atoms with Gasteiger partial charge in [0.25, 0.3) is 0 Å². The van der Waals surface area contributed by atoms with Crippen LogP contribution in [0.5, 0.6) is 17.4 Å². The molecule has 0 fully saturated rings. The molecule has 0 spiro atoms. The Morgan fingerprint density at radius 1 is 0.974 bits per heavy atom. The second-order valence-corrected chi connectivity index (χ2v) is 10.8. The van der Waals surface area contributed by atoms with Gasteiger partial charge in [0.1, 0.15) is 29.0 Å². The number of rotatable bonds is 10. The van der Waals surface area contributed by atoms with Crippen molar-refractivity contribution >= 4 is 9.84 Å². The Hall–Kier alpha value is -4.10. The Kier molecular flexibility index (Phi) is 7.88. The number of pyridine rings is 1.